The second kappa shape index (κ2) is 4.74. The van der Waals surface area contributed by atoms with Gasteiger partial charge in [-0.2, -0.15) is 0 Å². The Morgan fingerprint density at radius 2 is 2.31 bits per heavy atom. The topological polar surface area (TPSA) is 43.7 Å². The minimum absolute atomic E-state index is 0.126. The van der Waals surface area contributed by atoms with Crippen molar-refractivity contribution in [3.8, 4) is 0 Å². The van der Waals surface area contributed by atoms with Gasteiger partial charge < -0.3 is 10.2 Å². The summed E-state index contributed by atoms with van der Waals surface area (Å²) < 4.78 is 0. The highest BCUT2D eigenvalue weighted by Gasteiger charge is 2.31. The first-order valence-corrected chi connectivity index (χ1v) is 4.87. The van der Waals surface area contributed by atoms with Gasteiger partial charge in [0.05, 0.1) is 6.61 Å². The van der Waals surface area contributed by atoms with Gasteiger partial charge in [-0.15, -0.1) is 0 Å². The second-order valence-corrected chi connectivity index (χ2v) is 3.79. The van der Waals surface area contributed by atoms with Crippen LogP contribution in [0.4, 0.5) is 0 Å². The molecule has 1 saturated heterocycles. The molecule has 1 atom stereocenters. The molecule has 0 spiro atoms. The lowest BCUT2D eigenvalue weighted by Crippen LogP contribution is -2.50. The normalized spacial score (nSPS) is 31.3. The highest BCUT2D eigenvalue weighted by molar-refractivity contribution is 4.90. The first-order valence-electron chi connectivity index (χ1n) is 4.87. The van der Waals surface area contributed by atoms with Gasteiger partial charge in [0.2, 0.25) is 0 Å². The Morgan fingerprint density at radius 1 is 1.54 bits per heavy atom. The molecule has 0 radical (unpaired) electrons. The smallest absolute Gasteiger partial charge is 0.100 e. The first-order chi connectivity index (χ1) is 6.20. The van der Waals surface area contributed by atoms with Crippen molar-refractivity contribution in [3.63, 3.8) is 0 Å². The van der Waals surface area contributed by atoms with E-state index in [0.717, 1.165) is 25.9 Å². The summed E-state index contributed by atoms with van der Waals surface area (Å²) in [5, 5.41) is 18.8. The molecule has 2 N–H and O–H groups in total. The lowest BCUT2D eigenvalue weighted by molar-refractivity contribution is -0.0643. The summed E-state index contributed by atoms with van der Waals surface area (Å²) in [4.78, 5) is 2.17. The number of hydrogen-bond donors (Lipinski definition) is 2. The average Bonchev–Trinajstić information content (AvgIpc) is 2.15. The predicted octanol–water partition coefficient (Wildman–Crippen LogP) is 0.382. The van der Waals surface area contributed by atoms with Crippen molar-refractivity contribution in [3.05, 3.63) is 12.2 Å². The van der Waals surface area contributed by atoms with Crippen molar-refractivity contribution < 1.29 is 10.2 Å². The number of rotatable bonds is 3. The summed E-state index contributed by atoms with van der Waals surface area (Å²) in [5.74, 6) is 0. The van der Waals surface area contributed by atoms with Crippen molar-refractivity contribution in [1.82, 2.24) is 4.90 Å². The quantitative estimate of drug-likeness (QED) is 0.625. The maximum Gasteiger partial charge on any atom is 0.100 e. The zero-order valence-electron chi connectivity index (χ0n) is 8.24. The molecule has 3 nitrogen and oxygen atoms in total. The molecule has 1 aliphatic rings. The van der Waals surface area contributed by atoms with Crippen LogP contribution in [-0.4, -0.2) is 47.0 Å². The van der Waals surface area contributed by atoms with E-state index < -0.39 is 5.60 Å². The molecule has 0 aromatic heterocycles. The molecule has 1 unspecified atom stereocenters. The molecule has 1 rings (SSSR count). The van der Waals surface area contributed by atoms with Crippen molar-refractivity contribution in [2.75, 3.05) is 26.2 Å². The van der Waals surface area contributed by atoms with Crippen molar-refractivity contribution in [1.29, 1.82) is 0 Å². The minimum Gasteiger partial charge on any atom is -0.393 e. The summed E-state index contributed by atoms with van der Waals surface area (Å²) in [7, 11) is 0. The summed E-state index contributed by atoms with van der Waals surface area (Å²) >= 11 is 0. The summed E-state index contributed by atoms with van der Waals surface area (Å²) in [6.07, 6.45) is 5.76. The van der Waals surface area contributed by atoms with Gasteiger partial charge in [-0.3, -0.25) is 4.90 Å². The van der Waals surface area contributed by atoms with Crippen LogP contribution in [0.3, 0.4) is 0 Å². The van der Waals surface area contributed by atoms with Crippen LogP contribution >= 0.6 is 0 Å². The third-order valence-electron chi connectivity index (χ3n) is 2.53. The van der Waals surface area contributed by atoms with Gasteiger partial charge in [-0.1, -0.05) is 12.2 Å². The Bertz CT molecular complexity index is 182. The average molecular weight is 185 g/mol. The summed E-state index contributed by atoms with van der Waals surface area (Å²) in [6, 6.07) is 0. The zero-order chi connectivity index (χ0) is 9.73. The number of aliphatic hydroxyl groups is 2. The van der Waals surface area contributed by atoms with Crippen molar-refractivity contribution in [2.24, 2.45) is 0 Å². The van der Waals surface area contributed by atoms with Gasteiger partial charge in [0.1, 0.15) is 5.60 Å². The number of β-amino-alcohol motifs (C(OH)–C–C–N with tert-alkyl or cyclic N) is 1. The maximum atomic E-state index is 9.83. The number of allylic oxidation sites excluding steroid dienone is 1. The molecule has 1 fully saturated rings. The first kappa shape index (κ1) is 10.7. The van der Waals surface area contributed by atoms with Crippen LogP contribution in [0.1, 0.15) is 19.8 Å². The molecule has 0 aromatic rings. The maximum absolute atomic E-state index is 9.83. The molecular weight excluding hydrogens is 166 g/mol. The molecule has 0 saturated carbocycles. The Balaban J connectivity index is 2.41. The van der Waals surface area contributed by atoms with Crippen LogP contribution in [0.25, 0.3) is 0 Å². The Morgan fingerprint density at radius 3 is 2.92 bits per heavy atom. The van der Waals surface area contributed by atoms with E-state index in [1.165, 1.54) is 0 Å². The van der Waals surface area contributed by atoms with Crippen molar-refractivity contribution in [2.45, 2.75) is 25.4 Å². The SMILES string of the molecule is C/C=C/CN1CCCC(O)(CO)C1. The molecule has 0 aliphatic carbocycles. The van der Waals surface area contributed by atoms with E-state index in [4.69, 9.17) is 5.11 Å². The standard InChI is InChI=1S/C10H19NO2/c1-2-3-6-11-7-4-5-10(13,8-11)9-12/h2-3,12-13H,4-9H2,1H3/b3-2+. The second-order valence-electron chi connectivity index (χ2n) is 3.79. The van der Waals surface area contributed by atoms with Crippen LogP contribution in [0, 0.1) is 0 Å². The molecule has 13 heavy (non-hydrogen) atoms. The van der Waals surface area contributed by atoms with E-state index in [1.807, 2.05) is 13.0 Å². The number of likely N-dealkylation sites (tertiary alicyclic amines) is 1. The van der Waals surface area contributed by atoms with Crippen molar-refractivity contribution >= 4 is 0 Å². The lowest BCUT2D eigenvalue weighted by Gasteiger charge is -2.37. The van der Waals surface area contributed by atoms with Gasteiger partial charge in [0, 0.05) is 13.1 Å². The van der Waals surface area contributed by atoms with Gasteiger partial charge >= 0.3 is 0 Å². The Kier molecular flexibility index (Phi) is 3.90. The van der Waals surface area contributed by atoms with Crippen LogP contribution in [-0.2, 0) is 0 Å². The highest BCUT2D eigenvalue weighted by Crippen LogP contribution is 2.20. The highest BCUT2D eigenvalue weighted by atomic mass is 16.3. The van der Waals surface area contributed by atoms with E-state index >= 15 is 0 Å². The number of hydrogen-bond acceptors (Lipinski definition) is 3. The predicted molar refractivity (Wildman–Crippen MR) is 52.5 cm³/mol. The molecule has 0 bridgehead atoms. The minimum atomic E-state index is -0.861. The Hall–Kier alpha value is -0.380. The van der Waals surface area contributed by atoms with E-state index in [1.54, 1.807) is 0 Å². The monoisotopic (exact) mass is 185 g/mol. The fourth-order valence-electron chi connectivity index (χ4n) is 1.75. The van der Waals surface area contributed by atoms with Gasteiger partial charge in [0.15, 0.2) is 0 Å². The lowest BCUT2D eigenvalue weighted by atomic mass is 9.94. The summed E-state index contributed by atoms with van der Waals surface area (Å²) in [5.41, 5.74) is -0.861. The van der Waals surface area contributed by atoms with E-state index in [9.17, 15) is 5.11 Å². The molecule has 1 aliphatic heterocycles. The van der Waals surface area contributed by atoms with Gasteiger partial charge in [-0.25, -0.2) is 0 Å². The molecule has 3 heteroatoms. The van der Waals surface area contributed by atoms with E-state index in [0.29, 0.717) is 6.54 Å². The molecule has 1 heterocycles. The third kappa shape index (κ3) is 3.10. The molecule has 76 valence electrons. The molecular formula is C10H19NO2. The third-order valence-corrected chi connectivity index (χ3v) is 2.53. The number of piperidine rings is 1. The molecule has 0 aromatic carbocycles. The fourth-order valence-corrected chi connectivity index (χ4v) is 1.75. The van der Waals surface area contributed by atoms with Crippen LogP contribution in [0.5, 0.6) is 0 Å². The Labute approximate surface area is 79.7 Å². The van der Waals surface area contributed by atoms with E-state index in [2.05, 4.69) is 11.0 Å². The largest absolute Gasteiger partial charge is 0.393 e. The zero-order valence-corrected chi connectivity index (χ0v) is 8.24. The van der Waals surface area contributed by atoms with Crippen LogP contribution in [0.2, 0.25) is 0 Å². The number of aliphatic hydroxyl groups excluding tert-OH is 1. The van der Waals surface area contributed by atoms with Crippen LogP contribution < -0.4 is 0 Å². The van der Waals surface area contributed by atoms with Gasteiger partial charge in [0.25, 0.3) is 0 Å². The van der Waals surface area contributed by atoms with Crippen LogP contribution in [0.15, 0.2) is 12.2 Å². The van der Waals surface area contributed by atoms with E-state index in [-0.39, 0.29) is 6.61 Å². The number of nitrogens with zero attached hydrogens (tertiary/aromatic N) is 1. The fraction of sp³-hybridized carbons (Fsp3) is 0.800. The summed E-state index contributed by atoms with van der Waals surface area (Å²) in [6.45, 7) is 4.35. The molecule has 0 amide bonds. The van der Waals surface area contributed by atoms with Gasteiger partial charge in [-0.05, 0) is 26.3 Å².